The fraction of sp³-hybridized carbons (Fsp3) is 0.471. The Labute approximate surface area is 152 Å². The van der Waals surface area contributed by atoms with Crippen molar-refractivity contribution < 1.29 is 22.8 Å². The minimum absolute atomic E-state index is 0.00308. The van der Waals surface area contributed by atoms with E-state index in [-0.39, 0.29) is 22.5 Å². The van der Waals surface area contributed by atoms with E-state index < -0.39 is 30.4 Å². The van der Waals surface area contributed by atoms with Gasteiger partial charge in [-0.3, -0.25) is 14.2 Å². The zero-order chi connectivity index (χ0) is 19.8. The summed E-state index contributed by atoms with van der Waals surface area (Å²) in [5, 5.41) is 2.53. The Morgan fingerprint density at radius 2 is 2.04 bits per heavy atom. The molecule has 0 spiro atoms. The number of halogens is 3. The van der Waals surface area contributed by atoms with Crippen molar-refractivity contribution in [3.05, 3.63) is 34.2 Å². The van der Waals surface area contributed by atoms with Crippen LogP contribution in [-0.4, -0.2) is 52.1 Å². The minimum Gasteiger partial charge on any atom is -0.357 e. The number of rotatable bonds is 3. The van der Waals surface area contributed by atoms with Gasteiger partial charge in [-0.25, -0.2) is 4.79 Å². The van der Waals surface area contributed by atoms with E-state index in [0.717, 1.165) is 12.8 Å². The van der Waals surface area contributed by atoms with Crippen LogP contribution in [0.3, 0.4) is 0 Å². The van der Waals surface area contributed by atoms with Crippen molar-refractivity contribution in [2.45, 2.75) is 38.0 Å². The first-order valence-electron chi connectivity index (χ1n) is 8.53. The Bertz CT molecular complexity index is 932. The molecular weight excluding hydrogens is 365 g/mol. The molecule has 1 aromatic carbocycles. The maximum atomic E-state index is 12.9. The first kappa shape index (κ1) is 19.0. The van der Waals surface area contributed by atoms with E-state index in [9.17, 15) is 27.6 Å². The van der Waals surface area contributed by atoms with Crippen LogP contribution in [-0.2, 0) is 11.3 Å². The fourth-order valence-electron chi connectivity index (χ4n) is 3.40. The number of carbonyl (C=O) groups is 2. The molecule has 1 aliphatic rings. The number of alkyl halides is 3. The lowest BCUT2D eigenvalue weighted by Gasteiger charge is -2.34. The van der Waals surface area contributed by atoms with Crippen molar-refractivity contribution in [2.24, 2.45) is 0 Å². The number of amides is 2. The number of aromatic nitrogens is 2. The van der Waals surface area contributed by atoms with Gasteiger partial charge in [0, 0.05) is 19.2 Å². The first-order valence-corrected chi connectivity index (χ1v) is 8.53. The fourth-order valence-corrected chi connectivity index (χ4v) is 3.40. The third-order valence-electron chi connectivity index (χ3n) is 4.67. The molecule has 0 radical (unpaired) electrons. The van der Waals surface area contributed by atoms with E-state index in [2.05, 4.69) is 10.3 Å². The molecule has 1 aliphatic heterocycles. The summed E-state index contributed by atoms with van der Waals surface area (Å²) in [6, 6.07) is 3.48. The lowest BCUT2D eigenvalue weighted by atomic mass is 10.00. The zero-order valence-corrected chi connectivity index (χ0v) is 14.6. The Morgan fingerprint density at radius 1 is 1.30 bits per heavy atom. The van der Waals surface area contributed by atoms with Crippen LogP contribution in [0, 0.1) is 0 Å². The SMILES string of the molecule is CNC(=O)C1CCCCN1C(=O)c1ccc2[nH]c(=O)n(CC(F)(F)F)c2c1. The number of benzene rings is 1. The number of nitrogens with one attached hydrogen (secondary N) is 2. The van der Waals surface area contributed by atoms with Crippen molar-refractivity contribution in [1.29, 1.82) is 0 Å². The standard InChI is InChI=1S/C17H19F3N4O3/c1-21-14(25)12-4-2-3-7-23(12)15(26)10-5-6-11-13(8-10)24(16(27)22-11)9-17(18,19)20/h5-6,8,12H,2-4,7,9H2,1H3,(H,21,25)(H,22,27). The predicted octanol–water partition coefficient (Wildman–Crippen LogP) is 1.63. The van der Waals surface area contributed by atoms with Crippen LogP contribution in [0.4, 0.5) is 13.2 Å². The number of hydrogen-bond acceptors (Lipinski definition) is 3. The summed E-state index contributed by atoms with van der Waals surface area (Å²) in [7, 11) is 1.49. The normalized spacial score (nSPS) is 17.9. The van der Waals surface area contributed by atoms with Gasteiger partial charge in [-0.15, -0.1) is 0 Å². The molecule has 1 atom stereocenters. The summed E-state index contributed by atoms with van der Waals surface area (Å²) in [5.74, 6) is -0.725. The molecular formula is C17H19F3N4O3. The van der Waals surface area contributed by atoms with E-state index in [1.165, 1.54) is 30.1 Å². The number of H-pyrrole nitrogens is 1. The van der Waals surface area contributed by atoms with Gasteiger partial charge in [0.2, 0.25) is 5.91 Å². The van der Waals surface area contributed by atoms with Crippen LogP contribution in [0.25, 0.3) is 11.0 Å². The molecule has 1 saturated heterocycles. The van der Waals surface area contributed by atoms with Gasteiger partial charge in [0.05, 0.1) is 11.0 Å². The Balaban J connectivity index is 1.98. The minimum atomic E-state index is -4.57. The van der Waals surface area contributed by atoms with Gasteiger partial charge in [0.25, 0.3) is 5.91 Å². The van der Waals surface area contributed by atoms with E-state index >= 15 is 0 Å². The highest BCUT2D eigenvalue weighted by Gasteiger charge is 2.33. The van der Waals surface area contributed by atoms with Gasteiger partial charge in [0.15, 0.2) is 0 Å². The van der Waals surface area contributed by atoms with Gasteiger partial charge >= 0.3 is 11.9 Å². The quantitative estimate of drug-likeness (QED) is 0.843. The summed E-state index contributed by atoms with van der Waals surface area (Å²) in [6.45, 7) is -1.06. The van der Waals surface area contributed by atoms with Crippen molar-refractivity contribution in [1.82, 2.24) is 19.8 Å². The average molecular weight is 384 g/mol. The van der Waals surface area contributed by atoms with Crippen molar-refractivity contribution in [3.8, 4) is 0 Å². The molecule has 2 N–H and O–H groups in total. The van der Waals surface area contributed by atoms with Gasteiger partial charge in [-0.05, 0) is 37.5 Å². The van der Waals surface area contributed by atoms with E-state index in [1.807, 2.05) is 0 Å². The molecule has 2 amide bonds. The van der Waals surface area contributed by atoms with Gasteiger partial charge in [-0.2, -0.15) is 13.2 Å². The molecule has 7 nitrogen and oxygen atoms in total. The van der Waals surface area contributed by atoms with Crippen LogP contribution in [0.1, 0.15) is 29.6 Å². The Kier molecular flexibility index (Phi) is 4.99. The highest BCUT2D eigenvalue weighted by molar-refractivity contribution is 6.00. The number of likely N-dealkylation sites (N-methyl/N-ethyl adjacent to an activating group) is 1. The summed E-state index contributed by atoms with van der Waals surface area (Å²) >= 11 is 0. The summed E-state index contributed by atoms with van der Waals surface area (Å²) < 4.78 is 38.8. The van der Waals surface area contributed by atoms with Gasteiger partial charge in [0.1, 0.15) is 12.6 Å². The third-order valence-corrected chi connectivity index (χ3v) is 4.67. The number of hydrogen-bond donors (Lipinski definition) is 2. The van der Waals surface area contributed by atoms with Gasteiger partial charge in [-0.1, -0.05) is 0 Å². The molecule has 1 aromatic heterocycles. The smallest absolute Gasteiger partial charge is 0.357 e. The maximum absolute atomic E-state index is 12.9. The van der Waals surface area contributed by atoms with Gasteiger partial charge < -0.3 is 15.2 Å². The maximum Gasteiger partial charge on any atom is 0.406 e. The largest absolute Gasteiger partial charge is 0.406 e. The summed E-state index contributed by atoms with van der Waals surface area (Å²) in [4.78, 5) is 40.6. The van der Waals surface area contributed by atoms with Crippen LogP contribution in [0.15, 0.2) is 23.0 Å². The number of likely N-dealkylation sites (tertiary alicyclic amines) is 1. The molecule has 2 heterocycles. The zero-order valence-electron chi connectivity index (χ0n) is 14.6. The second-order valence-electron chi connectivity index (χ2n) is 6.49. The predicted molar refractivity (Wildman–Crippen MR) is 91.4 cm³/mol. The number of piperidine rings is 1. The second kappa shape index (κ2) is 7.09. The monoisotopic (exact) mass is 384 g/mol. The summed E-state index contributed by atoms with van der Waals surface area (Å²) in [6.07, 6.45) is -2.50. The molecule has 3 rings (SSSR count). The molecule has 10 heteroatoms. The summed E-state index contributed by atoms with van der Waals surface area (Å²) in [5.41, 5.74) is -0.555. The third kappa shape index (κ3) is 3.83. The second-order valence-corrected chi connectivity index (χ2v) is 6.49. The van der Waals surface area contributed by atoms with Crippen LogP contribution in [0.5, 0.6) is 0 Å². The number of carbonyl (C=O) groups excluding carboxylic acids is 2. The average Bonchev–Trinajstić information content (AvgIpc) is 2.93. The molecule has 2 aromatic rings. The Morgan fingerprint density at radius 3 is 2.70 bits per heavy atom. The highest BCUT2D eigenvalue weighted by Crippen LogP contribution is 2.23. The van der Waals surface area contributed by atoms with Crippen LogP contribution >= 0.6 is 0 Å². The number of imidazole rings is 1. The number of aromatic amines is 1. The van der Waals surface area contributed by atoms with E-state index in [4.69, 9.17) is 0 Å². The number of fused-ring (bicyclic) bond motifs is 1. The lowest BCUT2D eigenvalue weighted by molar-refractivity contribution is -0.140. The molecule has 0 bridgehead atoms. The molecule has 1 fully saturated rings. The molecule has 146 valence electrons. The molecule has 0 saturated carbocycles. The van der Waals surface area contributed by atoms with E-state index in [1.54, 1.807) is 0 Å². The Hall–Kier alpha value is -2.78. The van der Waals surface area contributed by atoms with Crippen molar-refractivity contribution >= 4 is 22.8 Å². The lowest BCUT2D eigenvalue weighted by Crippen LogP contribution is -2.51. The first-order chi connectivity index (χ1) is 12.7. The van der Waals surface area contributed by atoms with E-state index in [0.29, 0.717) is 17.5 Å². The van der Waals surface area contributed by atoms with Crippen LogP contribution in [0.2, 0.25) is 0 Å². The van der Waals surface area contributed by atoms with Crippen molar-refractivity contribution in [3.63, 3.8) is 0 Å². The molecule has 1 unspecified atom stereocenters. The van der Waals surface area contributed by atoms with Crippen LogP contribution < -0.4 is 11.0 Å². The topological polar surface area (TPSA) is 87.2 Å². The number of nitrogens with zero attached hydrogens (tertiary/aromatic N) is 2. The molecule has 0 aliphatic carbocycles. The molecule has 27 heavy (non-hydrogen) atoms. The van der Waals surface area contributed by atoms with Crippen molar-refractivity contribution in [2.75, 3.05) is 13.6 Å². The highest BCUT2D eigenvalue weighted by atomic mass is 19.4.